The van der Waals surface area contributed by atoms with Crippen molar-refractivity contribution in [2.24, 2.45) is 5.92 Å². The largest absolute Gasteiger partial charge is 0.418 e. The predicted octanol–water partition coefficient (Wildman–Crippen LogP) is 4.79. The van der Waals surface area contributed by atoms with Crippen LogP contribution in [0.1, 0.15) is 57.4 Å². The van der Waals surface area contributed by atoms with Crippen molar-refractivity contribution in [3.63, 3.8) is 0 Å². The number of alkyl halides is 3. The summed E-state index contributed by atoms with van der Waals surface area (Å²) in [4.78, 5) is 27.8. The van der Waals surface area contributed by atoms with Crippen molar-refractivity contribution in [1.29, 1.82) is 0 Å². The third-order valence-electron chi connectivity index (χ3n) is 5.89. The molecule has 5 nitrogen and oxygen atoms in total. The van der Waals surface area contributed by atoms with Gasteiger partial charge in [-0.2, -0.15) is 13.2 Å². The smallest absolute Gasteiger partial charge is 0.340 e. The highest BCUT2D eigenvalue weighted by Crippen LogP contribution is 2.35. The number of piperidine rings is 1. The molecular formula is C21H28F3N3O2. The molecule has 0 aromatic heterocycles. The zero-order valence-electron chi connectivity index (χ0n) is 16.6. The maximum absolute atomic E-state index is 13.3. The fourth-order valence-corrected chi connectivity index (χ4v) is 4.43. The molecule has 0 spiro atoms. The highest BCUT2D eigenvalue weighted by atomic mass is 19.4. The maximum atomic E-state index is 13.3. The molecule has 1 aromatic rings. The van der Waals surface area contributed by atoms with Gasteiger partial charge in [-0.25, -0.2) is 4.79 Å². The second kappa shape index (κ2) is 8.63. The van der Waals surface area contributed by atoms with E-state index in [1.54, 1.807) is 0 Å². The Labute approximate surface area is 169 Å². The summed E-state index contributed by atoms with van der Waals surface area (Å²) in [5.41, 5.74) is -2.28. The summed E-state index contributed by atoms with van der Waals surface area (Å²) in [7, 11) is 0. The second-order valence-electron chi connectivity index (χ2n) is 8.26. The molecule has 2 fully saturated rings. The van der Waals surface area contributed by atoms with Gasteiger partial charge in [0, 0.05) is 13.1 Å². The van der Waals surface area contributed by atoms with Crippen molar-refractivity contribution in [1.82, 2.24) is 10.2 Å². The molecule has 1 aliphatic carbocycles. The summed E-state index contributed by atoms with van der Waals surface area (Å²) in [6, 6.07) is 4.06. The summed E-state index contributed by atoms with van der Waals surface area (Å²) in [6.07, 6.45) is 1.00. The highest BCUT2D eigenvalue weighted by molar-refractivity contribution is 5.96. The predicted molar refractivity (Wildman–Crippen MR) is 104 cm³/mol. The van der Waals surface area contributed by atoms with Gasteiger partial charge in [0.05, 0.1) is 11.3 Å². The van der Waals surface area contributed by atoms with E-state index < -0.39 is 23.3 Å². The van der Waals surface area contributed by atoms with Crippen LogP contribution >= 0.6 is 0 Å². The van der Waals surface area contributed by atoms with E-state index >= 15 is 0 Å². The van der Waals surface area contributed by atoms with Crippen molar-refractivity contribution >= 4 is 17.6 Å². The van der Waals surface area contributed by atoms with Crippen LogP contribution in [0.25, 0.3) is 0 Å². The minimum absolute atomic E-state index is 0.108. The zero-order valence-corrected chi connectivity index (χ0v) is 16.6. The van der Waals surface area contributed by atoms with E-state index in [-0.39, 0.29) is 11.6 Å². The summed E-state index contributed by atoms with van der Waals surface area (Å²) >= 11 is 0. The zero-order chi connectivity index (χ0) is 21.1. The number of likely N-dealkylation sites (tertiary alicyclic amines) is 1. The van der Waals surface area contributed by atoms with Crippen LogP contribution in [0.2, 0.25) is 0 Å². The molecule has 0 unspecified atom stereocenters. The second-order valence-corrected chi connectivity index (χ2v) is 8.26. The summed E-state index contributed by atoms with van der Waals surface area (Å²) in [5, 5.41) is 5.08. The average molecular weight is 411 g/mol. The van der Waals surface area contributed by atoms with E-state index in [2.05, 4.69) is 17.6 Å². The number of hydrogen-bond acceptors (Lipinski definition) is 2. The van der Waals surface area contributed by atoms with Gasteiger partial charge in [0.25, 0.3) is 0 Å². The first-order valence-corrected chi connectivity index (χ1v) is 10.3. The molecule has 0 bridgehead atoms. The molecule has 0 radical (unpaired) electrons. The lowest BCUT2D eigenvalue weighted by Gasteiger charge is -2.42. The molecule has 1 saturated heterocycles. The van der Waals surface area contributed by atoms with E-state index in [4.69, 9.17) is 0 Å². The van der Waals surface area contributed by atoms with Crippen molar-refractivity contribution in [3.8, 4) is 0 Å². The fourth-order valence-electron chi connectivity index (χ4n) is 4.43. The van der Waals surface area contributed by atoms with E-state index in [1.807, 2.05) is 4.90 Å². The van der Waals surface area contributed by atoms with Gasteiger partial charge in [-0.05, 0) is 43.7 Å². The number of hydrogen-bond donors (Lipinski definition) is 2. The Kier molecular flexibility index (Phi) is 6.39. The van der Waals surface area contributed by atoms with Crippen LogP contribution in [-0.2, 0) is 11.0 Å². The molecule has 1 aliphatic heterocycles. The lowest BCUT2D eigenvalue weighted by molar-refractivity contribution is -0.141. The normalized spacial score (nSPS) is 22.1. The lowest BCUT2D eigenvalue weighted by atomic mass is 9.80. The van der Waals surface area contributed by atoms with Crippen LogP contribution < -0.4 is 10.6 Å². The summed E-state index contributed by atoms with van der Waals surface area (Å²) in [6.45, 7) is 3.41. The topological polar surface area (TPSA) is 61.4 Å². The van der Waals surface area contributed by atoms with Crippen molar-refractivity contribution in [2.75, 3.05) is 18.4 Å². The quantitative estimate of drug-likeness (QED) is 0.751. The molecule has 160 valence electrons. The Morgan fingerprint density at radius 3 is 2.45 bits per heavy atom. The fraction of sp³-hybridized carbons (Fsp3) is 0.619. The number of nitrogens with one attached hydrogen (secondary N) is 2. The van der Waals surface area contributed by atoms with Crippen molar-refractivity contribution in [2.45, 2.75) is 63.6 Å². The van der Waals surface area contributed by atoms with Crippen LogP contribution in [0.15, 0.2) is 24.3 Å². The average Bonchev–Trinajstić information content (AvgIpc) is 2.67. The Bertz CT molecular complexity index is 745. The molecule has 1 heterocycles. The van der Waals surface area contributed by atoms with E-state index in [1.165, 1.54) is 18.2 Å². The molecule has 3 rings (SSSR count). The number of anilines is 1. The van der Waals surface area contributed by atoms with Crippen molar-refractivity contribution in [3.05, 3.63) is 29.8 Å². The Morgan fingerprint density at radius 2 is 1.79 bits per heavy atom. The van der Waals surface area contributed by atoms with Crippen LogP contribution in [-0.4, -0.2) is 35.5 Å². The highest BCUT2D eigenvalue weighted by Gasteiger charge is 2.44. The SMILES string of the molecule is C[C@@H]1CCCN(C(=O)C2(NC(=O)Nc3ccccc3C(F)(F)F)CCCCC2)C1. The van der Waals surface area contributed by atoms with Gasteiger partial charge < -0.3 is 15.5 Å². The van der Waals surface area contributed by atoms with Gasteiger partial charge in [0.2, 0.25) is 5.91 Å². The van der Waals surface area contributed by atoms with Crippen molar-refractivity contribution < 1.29 is 22.8 Å². The standard InChI is InChI=1S/C21H28F3N3O2/c1-15-8-7-13-27(14-15)18(28)20(11-5-2-6-12-20)26-19(29)25-17-10-4-3-9-16(17)21(22,23)24/h3-4,9-10,15H,2,5-8,11-14H2,1H3,(H2,25,26,29)/t15-/m1/s1. The minimum atomic E-state index is -4.58. The number of benzene rings is 1. The Balaban J connectivity index is 1.77. The monoisotopic (exact) mass is 411 g/mol. The van der Waals surface area contributed by atoms with Gasteiger partial charge in [-0.1, -0.05) is 38.3 Å². The van der Waals surface area contributed by atoms with Crippen LogP contribution in [0.3, 0.4) is 0 Å². The maximum Gasteiger partial charge on any atom is 0.418 e. The molecule has 1 atom stereocenters. The van der Waals surface area contributed by atoms with Crippen LogP contribution in [0.4, 0.5) is 23.7 Å². The van der Waals surface area contributed by atoms with Gasteiger partial charge in [-0.15, -0.1) is 0 Å². The number of para-hydroxylation sites is 1. The first-order valence-electron chi connectivity index (χ1n) is 10.3. The first kappa shape index (κ1) is 21.5. The number of nitrogens with zero attached hydrogens (tertiary/aromatic N) is 1. The van der Waals surface area contributed by atoms with Crippen LogP contribution in [0.5, 0.6) is 0 Å². The third-order valence-corrected chi connectivity index (χ3v) is 5.89. The Hall–Kier alpha value is -2.25. The van der Waals surface area contributed by atoms with E-state index in [0.717, 1.165) is 38.2 Å². The van der Waals surface area contributed by atoms with Gasteiger partial charge in [-0.3, -0.25) is 4.79 Å². The molecule has 8 heteroatoms. The van der Waals surface area contributed by atoms with Gasteiger partial charge in [0.1, 0.15) is 5.54 Å². The number of carbonyl (C=O) groups excluding carboxylic acids is 2. The first-order chi connectivity index (χ1) is 13.7. The van der Waals surface area contributed by atoms with E-state index in [9.17, 15) is 22.8 Å². The minimum Gasteiger partial charge on any atom is -0.340 e. The van der Waals surface area contributed by atoms with Crippen LogP contribution in [0, 0.1) is 5.92 Å². The Morgan fingerprint density at radius 1 is 1.10 bits per heavy atom. The molecule has 29 heavy (non-hydrogen) atoms. The van der Waals surface area contributed by atoms with Gasteiger partial charge >= 0.3 is 12.2 Å². The summed E-state index contributed by atoms with van der Waals surface area (Å²) in [5.74, 6) is 0.295. The number of rotatable bonds is 3. The molecule has 1 aromatic carbocycles. The molecule has 2 aliphatic rings. The third kappa shape index (κ3) is 5.03. The molecule has 3 amide bonds. The summed E-state index contributed by atoms with van der Waals surface area (Å²) < 4.78 is 39.6. The number of halogens is 3. The molecular weight excluding hydrogens is 383 g/mol. The number of carbonyl (C=O) groups is 2. The van der Waals surface area contributed by atoms with Gasteiger partial charge in [0.15, 0.2) is 0 Å². The molecule has 2 N–H and O–H groups in total. The van der Waals surface area contributed by atoms with E-state index in [0.29, 0.717) is 31.8 Å². The number of urea groups is 1. The number of amides is 3. The molecule has 1 saturated carbocycles. The lowest BCUT2D eigenvalue weighted by Crippen LogP contribution is -2.62.